The van der Waals surface area contributed by atoms with E-state index in [2.05, 4.69) is 10.6 Å². The average Bonchev–Trinajstić information content (AvgIpc) is 3.48. The maximum atomic E-state index is 12.9. The standard InChI is InChI=1S/C24H22FN3O4S/c25-17-3-5-18(6-4-17)27-22(29)15-32-20-9-7-19(8-10-20)28-14-16(12-23(28)30)24(31)26-13-21-2-1-11-33-21/h1-11,16H,12-15H2,(H,26,31)(H,27,29). The molecule has 0 spiro atoms. The summed E-state index contributed by atoms with van der Waals surface area (Å²) in [6, 6.07) is 16.1. The van der Waals surface area contributed by atoms with Gasteiger partial charge >= 0.3 is 0 Å². The lowest BCUT2D eigenvalue weighted by atomic mass is 10.1. The number of halogens is 1. The molecule has 0 bridgehead atoms. The van der Waals surface area contributed by atoms with Crippen LogP contribution in [0.5, 0.6) is 5.75 Å². The van der Waals surface area contributed by atoms with Gasteiger partial charge in [-0.25, -0.2) is 4.39 Å². The van der Waals surface area contributed by atoms with Gasteiger partial charge in [-0.3, -0.25) is 14.4 Å². The molecule has 9 heteroatoms. The summed E-state index contributed by atoms with van der Waals surface area (Å²) in [5, 5.41) is 7.46. The number of thiophene rings is 1. The Morgan fingerprint density at radius 1 is 1.09 bits per heavy atom. The number of ether oxygens (including phenoxy) is 1. The smallest absolute Gasteiger partial charge is 0.262 e. The Morgan fingerprint density at radius 3 is 2.55 bits per heavy atom. The van der Waals surface area contributed by atoms with Gasteiger partial charge in [-0.1, -0.05) is 6.07 Å². The summed E-state index contributed by atoms with van der Waals surface area (Å²) in [6.07, 6.45) is 0.165. The quantitative estimate of drug-likeness (QED) is 0.530. The molecule has 2 heterocycles. The van der Waals surface area contributed by atoms with Crippen LogP contribution in [-0.4, -0.2) is 30.9 Å². The SMILES string of the molecule is O=C(COc1ccc(N2CC(C(=O)NCc3cccs3)CC2=O)cc1)Nc1ccc(F)cc1. The highest BCUT2D eigenvalue weighted by Gasteiger charge is 2.35. The van der Waals surface area contributed by atoms with E-state index in [0.29, 0.717) is 30.2 Å². The van der Waals surface area contributed by atoms with Gasteiger partial charge in [0.15, 0.2) is 6.61 Å². The Morgan fingerprint density at radius 2 is 1.85 bits per heavy atom. The molecule has 7 nitrogen and oxygen atoms in total. The van der Waals surface area contributed by atoms with E-state index in [0.717, 1.165) is 4.88 Å². The first-order chi connectivity index (χ1) is 16.0. The Bertz CT molecular complexity index is 1120. The lowest BCUT2D eigenvalue weighted by molar-refractivity contribution is -0.126. The van der Waals surface area contributed by atoms with Crippen LogP contribution < -0.4 is 20.3 Å². The van der Waals surface area contributed by atoms with Gasteiger partial charge in [0.05, 0.1) is 12.5 Å². The van der Waals surface area contributed by atoms with Crippen molar-refractivity contribution in [2.24, 2.45) is 5.92 Å². The third-order valence-corrected chi connectivity index (χ3v) is 6.04. The zero-order valence-corrected chi connectivity index (χ0v) is 18.4. The summed E-state index contributed by atoms with van der Waals surface area (Å²) in [4.78, 5) is 39.6. The molecule has 2 N–H and O–H groups in total. The molecule has 0 saturated carbocycles. The minimum atomic E-state index is -0.399. The zero-order valence-electron chi connectivity index (χ0n) is 17.6. The van der Waals surface area contributed by atoms with Gasteiger partial charge in [0, 0.05) is 29.2 Å². The molecule has 33 heavy (non-hydrogen) atoms. The van der Waals surface area contributed by atoms with E-state index < -0.39 is 5.92 Å². The van der Waals surface area contributed by atoms with E-state index >= 15 is 0 Å². The van der Waals surface area contributed by atoms with Gasteiger partial charge in [-0.15, -0.1) is 11.3 Å². The summed E-state index contributed by atoms with van der Waals surface area (Å²) in [5.74, 6) is -0.943. The first kappa shape index (κ1) is 22.5. The van der Waals surface area contributed by atoms with Crippen LogP contribution in [0.2, 0.25) is 0 Å². The van der Waals surface area contributed by atoms with E-state index in [-0.39, 0.29) is 36.6 Å². The minimum Gasteiger partial charge on any atom is -0.484 e. The van der Waals surface area contributed by atoms with Crippen LogP contribution in [0.1, 0.15) is 11.3 Å². The van der Waals surface area contributed by atoms with Crippen LogP contribution in [0.25, 0.3) is 0 Å². The highest BCUT2D eigenvalue weighted by atomic mass is 32.1. The average molecular weight is 468 g/mol. The molecule has 170 valence electrons. The van der Waals surface area contributed by atoms with Crippen LogP contribution in [0.4, 0.5) is 15.8 Å². The topological polar surface area (TPSA) is 87.7 Å². The predicted molar refractivity (Wildman–Crippen MR) is 124 cm³/mol. The molecular formula is C24H22FN3O4S. The maximum absolute atomic E-state index is 12.9. The first-order valence-electron chi connectivity index (χ1n) is 10.4. The molecular weight excluding hydrogens is 445 g/mol. The van der Waals surface area contributed by atoms with E-state index in [1.165, 1.54) is 24.3 Å². The number of hydrogen-bond acceptors (Lipinski definition) is 5. The number of carbonyl (C=O) groups is 3. The largest absolute Gasteiger partial charge is 0.484 e. The molecule has 1 unspecified atom stereocenters. The number of anilines is 2. The Balaban J connectivity index is 1.26. The first-order valence-corrected chi connectivity index (χ1v) is 11.2. The van der Waals surface area contributed by atoms with E-state index in [9.17, 15) is 18.8 Å². The van der Waals surface area contributed by atoms with Crippen molar-refractivity contribution in [3.8, 4) is 5.75 Å². The van der Waals surface area contributed by atoms with Crippen LogP contribution in [0.15, 0.2) is 66.0 Å². The second-order valence-electron chi connectivity index (χ2n) is 7.54. The van der Waals surface area contributed by atoms with Crippen molar-refractivity contribution in [2.75, 3.05) is 23.4 Å². The number of amides is 3. The summed E-state index contributed by atoms with van der Waals surface area (Å²) >= 11 is 1.57. The van der Waals surface area contributed by atoms with Crippen molar-refractivity contribution in [3.05, 3.63) is 76.7 Å². The summed E-state index contributed by atoms with van der Waals surface area (Å²) in [7, 11) is 0. The molecule has 2 aromatic carbocycles. The van der Waals surface area contributed by atoms with Crippen LogP contribution in [0, 0.1) is 11.7 Å². The normalized spacial score (nSPS) is 15.4. The highest BCUT2D eigenvalue weighted by Crippen LogP contribution is 2.27. The van der Waals surface area contributed by atoms with Crippen molar-refractivity contribution in [3.63, 3.8) is 0 Å². The number of nitrogens with zero attached hydrogens (tertiary/aromatic N) is 1. The molecule has 1 aliphatic rings. The van der Waals surface area contributed by atoms with Gasteiger partial charge in [0.1, 0.15) is 11.6 Å². The second kappa shape index (κ2) is 10.3. The lowest BCUT2D eigenvalue weighted by Gasteiger charge is -2.17. The van der Waals surface area contributed by atoms with Gasteiger partial charge in [0.2, 0.25) is 11.8 Å². The van der Waals surface area contributed by atoms with E-state index in [1.54, 1.807) is 40.5 Å². The molecule has 1 atom stereocenters. The van der Waals surface area contributed by atoms with Crippen molar-refractivity contribution in [1.29, 1.82) is 0 Å². The van der Waals surface area contributed by atoms with E-state index in [4.69, 9.17) is 4.74 Å². The minimum absolute atomic E-state index is 0.112. The summed E-state index contributed by atoms with van der Waals surface area (Å²) < 4.78 is 18.4. The van der Waals surface area contributed by atoms with Crippen LogP contribution in [-0.2, 0) is 20.9 Å². The van der Waals surface area contributed by atoms with Crippen molar-refractivity contribution in [1.82, 2.24) is 5.32 Å². The van der Waals surface area contributed by atoms with Gasteiger partial charge in [-0.2, -0.15) is 0 Å². The number of rotatable bonds is 8. The lowest BCUT2D eigenvalue weighted by Crippen LogP contribution is -2.32. The molecule has 1 aromatic heterocycles. The zero-order chi connectivity index (χ0) is 23.2. The van der Waals surface area contributed by atoms with Crippen molar-refractivity contribution in [2.45, 2.75) is 13.0 Å². The molecule has 3 amide bonds. The Kier molecular flexibility index (Phi) is 6.99. The third kappa shape index (κ3) is 5.95. The number of nitrogens with one attached hydrogen (secondary N) is 2. The number of hydrogen-bond donors (Lipinski definition) is 2. The Hall–Kier alpha value is -3.72. The van der Waals surface area contributed by atoms with Gasteiger partial charge < -0.3 is 20.3 Å². The second-order valence-corrected chi connectivity index (χ2v) is 8.57. The van der Waals surface area contributed by atoms with Gasteiger partial charge in [-0.05, 0) is 60.0 Å². The number of carbonyl (C=O) groups excluding carboxylic acids is 3. The molecule has 0 radical (unpaired) electrons. The maximum Gasteiger partial charge on any atom is 0.262 e. The third-order valence-electron chi connectivity index (χ3n) is 5.16. The predicted octanol–water partition coefficient (Wildman–Crippen LogP) is 3.57. The fourth-order valence-corrected chi connectivity index (χ4v) is 4.11. The molecule has 1 saturated heterocycles. The molecule has 3 aromatic rings. The molecule has 4 rings (SSSR count). The van der Waals surface area contributed by atoms with Crippen molar-refractivity contribution >= 4 is 40.4 Å². The number of benzene rings is 2. The fourth-order valence-electron chi connectivity index (χ4n) is 3.47. The highest BCUT2D eigenvalue weighted by molar-refractivity contribution is 7.09. The van der Waals surface area contributed by atoms with Crippen LogP contribution >= 0.6 is 11.3 Å². The van der Waals surface area contributed by atoms with Gasteiger partial charge in [0.25, 0.3) is 5.91 Å². The monoisotopic (exact) mass is 467 g/mol. The van der Waals surface area contributed by atoms with Crippen LogP contribution in [0.3, 0.4) is 0 Å². The molecule has 1 fully saturated rings. The molecule has 0 aliphatic carbocycles. The summed E-state index contributed by atoms with van der Waals surface area (Å²) in [5.41, 5.74) is 1.14. The molecule has 1 aliphatic heterocycles. The fraction of sp³-hybridized carbons (Fsp3) is 0.208. The van der Waals surface area contributed by atoms with E-state index in [1.807, 2.05) is 17.5 Å². The Labute approximate surface area is 194 Å². The summed E-state index contributed by atoms with van der Waals surface area (Å²) in [6.45, 7) is 0.559. The van der Waals surface area contributed by atoms with Crippen molar-refractivity contribution < 1.29 is 23.5 Å².